The molecule has 150 valence electrons. The van der Waals surface area contributed by atoms with Crippen LogP contribution in [0.25, 0.3) is 11.1 Å². The van der Waals surface area contributed by atoms with Crippen LogP contribution in [0.2, 0.25) is 0 Å². The van der Waals surface area contributed by atoms with E-state index in [0.29, 0.717) is 5.69 Å². The second kappa shape index (κ2) is 8.89. The highest BCUT2D eigenvalue weighted by Gasteiger charge is 2.17. The number of hydrogen-bond donors (Lipinski definition) is 2. The van der Waals surface area contributed by atoms with E-state index in [1.165, 1.54) is 26.2 Å². The van der Waals surface area contributed by atoms with E-state index in [1.54, 1.807) is 12.1 Å². The van der Waals surface area contributed by atoms with E-state index in [4.69, 9.17) is 0 Å². The monoisotopic (exact) mass is 409 g/mol. The largest absolute Gasteiger partial charge is 0.376 e. The number of carbonyl (C=O) groups is 1. The molecule has 0 radical (unpaired) electrons. The predicted molar refractivity (Wildman–Crippen MR) is 116 cm³/mol. The average Bonchev–Trinajstić information content (AvgIpc) is 2.73. The van der Waals surface area contributed by atoms with Gasteiger partial charge >= 0.3 is 0 Å². The fourth-order valence-corrected chi connectivity index (χ4v) is 3.69. The van der Waals surface area contributed by atoms with Gasteiger partial charge in [0.05, 0.1) is 11.4 Å². The molecule has 2 N–H and O–H groups in total. The number of hydrogen-bond acceptors (Lipinski definition) is 4. The predicted octanol–water partition coefficient (Wildman–Crippen LogP) is 3.65. The Labute approximate surface area is 171 Å². The maximum Gasteiger partial charge on any atom is 0.243 e. The first-order chi connectivity index (χ1) is 13.9. The van der Waals surface area contributed by atoms with Gasteiger partial charge in [-0.05, 0) is 41.5 Å². The molecule has 0 spiro atoms. The smallest absolute Gasteiger partial charge is 0.243 e. The second-order valence-electron chi connectivity index (χ2n) is 6.66. The van der Waals surface area contributed by atoms with E-state index < -0.39 is 10.0 Å². The van der Waals surface area contributed by atoms with Crippen molar-refractivity contribution in [3.63, 3.8) is 0 Å². The molecule has 0 aliphatic carbocycles. The SMILES string of the molecule is CN(C)S(=O)(=O)c1cccc(NC(=O)CNc2ccc(-c3ccccc3)cc2)c1. The van der Waals surface area contributed by atoms with Gasteiger partial charge < -0.3 is 10.6 Å². The molecule has 0 atom stereocenters. The molecular weight excluding hydrogens is 386 g/mol. The van der Waals surface area contributed by atoms with Gasteiger partial charge in [-0.25, -0.2) is 12.7 Å². The van der Waals surface area contributed by atoms with Gasteiger partial charge in [0.2, 0.25) is 15.9 Å². The van der Waals surface area contributed by atoms with Crippen molar-refractivity contribution in [3.05, 3.63) is 78.9 Å². The highest BCUT2D eigenvalue weighted by atomic mass is 32.2. The van der Waals surface area contributed by atoms with Gasteiger partial charge in [0.25, 0.3) is 0 Å². The number of nitrogens with one attached hydrogen (secondary N) is 2. The Morgan fingerprint density at radius 3 is 2.14 bits per heavy atom. The Kier molecular flexibility index (Phi) is 6.31. The fraction of sp³-hybridized carbons (Fsp3) is 0.136. The van der Waals surface area contributed by atoms with Crippen molar-refractivity contribution in [1.29, 1.82) is 0 Å². The van der Waals surface area contributed by atoms with E-state index in [-0.39, 0.29) is 17.3 Å². The summed E-state index contributed by atoms with van der Waals surface area (Å²) in [4.78, 5) is 12.4. The third-order valence-electron chi connectivity index (χ3n) is 4.34. The van der Waals surface area contributed by atoms with Crippen LogP contribution >= 0.6 is 0 Å². The van der Waals surface area contributed by atoms with Crippen LogP contribution in [0.4, 0.5) is 11.4 Å². The summed E-state index contributed by atoms with van der Waals surface area (Å²) < 4.78 is 25.6. The van der Waals surface area contributed by atoms with Crippen LogP contribution in [-0.2, 0) is 14.8 Å². The van der Waals surface area contributed by atoms with Crippen molar-refractivity contribution in [2.45, 2.75) is 4.90 Å². The molecule has 0 heterocycles. The summed E-state index contributed by atoms with van der Waals surface area (Å²) in [7, 11) is -0.619. The molecule has 0 saturated heterocycles. The number of benzene rings is 3. The highest BCUT2D eigenvalue weighted by molar-refractivity contribution is 7.89. The Morgan fingerprint density at radius 2 is 1.48 bits per heavy atom. The van der Waals surface area contributed by atoms with Gasteiger partial charge in [-0.1, -0.05) is 48.5 Å². The first kappa shape index (κ1) is 20.6. The molecule has 7 heteroatoms. The van der Waals surface area contributed by atoms with E-state index in [1.807, 2.05) is 54.6 Å². The number of anilines is 2. The van der Waals surface area contributed by atoms with Crippen molar-refractivity contribution in [3.8, 4) is 11.1 Å². The minimum Gasteiger partial charge on any atom is -0.376 e. The van der Waals surface area contributed by atoms with Gasteiger partial charge in [-0.15, -0.1) is 0 Å². The quantitative estimate of drug-likeness (QED) is 0.624. The fourth-order valence-electron chi connectivity index (χ4n) is 2.74. The summed E-state index contributed by atoms with van der Waals surface area (Å²) >= 11 is 0. The zero-order valence-electron chi connectivity index (χ0n) is 16.3. The Morgan fingerprint density at radius 1 is 0.828 bits per heavy atom. The number of carbonyl (C=O) groups excluding carboxylic acids is 1. The van der Waals surface area contributed by atoms with Crippen LogP contribution in [-0.4, -0.2) is 39.3 Å². The lowest BCUT2D eigenvalue weighted by molar-refractivity contribution is -0.114. The zero-order valence-corrected chi connectivity index (χ0v) is 17.1. The van der Waals surface area contributed by atoms with Crippen LogP contribution in [0.3, 0.4) is 0 Å². The molecule has 0 fully saturated rings. The molecule has 6 nitrogen and oxygen atoms in total. The second-order valence-corrected chi connectivity index (χ2v) is 8.81. The lowest BCUT2D eigenvalue weighted by Gasteiger charge is -2.13. The van der Waals surface area contributed by atoms with Crippen molar-refractivity contribution >= 4 is 27.3 Å². The lowest BCUT2D eigenvalue weighted by atomic mass is 10.1. The van der Waals surface area contributed by atoms with E-state index >= 15 is 0 Å². The van der Waals surface area contributed by atoms with Crippen molar-refractivity contribution in [1.82, 2.24) is 4.31 Å². The van der Waals surface area contributed by atoms with Gasteiger partial charge in [0, 0.05) is 25.5 Å². The molecule has 0 aromatic heterocycles. The lowest BCUT2D eigenvalue weighted by Crippen LogP contribution is -2.23. The summed E-state index contributed by atoms with van der Waals surface area (Å²) in [5.74, 6) is -0.267. The number of nitrogens with zero attached hydrogens (tertiary/aromatic N) is 1. The first-order valence-corrected chi connectivity index (χ1v) is 10.5. The molecular formula is C22H23N3O3S. The average molecular weight is 410 g/mol. The molecule has 3 aromatic carbocycles. The van der Waals surface area contributed by atoms with Crippen LogP contribution in [0.1, 0.15) is 0 Å². The highest BCUT2D eigenvalue weighted by Crippen LogP contribution is 2.21. The van der Waals surface area contributed by atoms with E-state index in [9.17, 15) is 13.2 Å². The van der Waals surface area contributed by atoms with Crippen molar-refractivity contribution in [2.75, 3.05) is 31.3 Å². The maximum absolute atomic E-state index is 12.2. The molecule has 1 amide bonds. The third kappa shape index (κ3) is 5.22. The number of amides is 1. The summed E-state index contributed by atoms with van der Waals surface area (Å²) in [5, 5.41) is 5.78. The minimum atomic E-state index is -3.55. The molecule has 3 aromatic rings. The van der Waals surface area contributed by atoms with Crippen LogP contribution < -0.4 is 10.6 Å². The summed E-state index contributed by atoms with van der Waals surface area (Å²) in [6, 6.07) is 24.1. The summed E-state index contributed by atoms with van der Waals surface area (Å²) in [6.07, 6.45) is 0. The number of rotatable bonds is 7. The van der Waals surface area contributed by atoms with Crippen LogP contribution in [0.15, 0.2) is 83.8 Å². The van der Waals surface area contributed by atoms with Crippen molar-refractivity contribution in [2.24, 2.45) is 0 Å². The topological polar surface area (TPSA) is 78.5 Å². The summed E-state index contributed by atoms with van der Waals surface area (Å²) in [5.41, 5.74) is 3.48. The van der Waals surface area contributed by atoms with Gasteiger partial charge in [-0.2, -0.15) is 0 Å². The summed E-state index contributed by atoms with van der Waals surface area (Å²) in [6.45, 7) is 0.0648. The molecule has 29 heavy (non-hydrogen) atoms. The Hall–Kier alpha value is -3.16. The standard InChI is InChI=1S/C22H23N3O3S/c1-25(2)29(27,28)21-10-6-9-20(15-21)24-22(26)16-23-19-13-11-18(12-14-19)17-7-4-3-5-8-17/h3-15,23H,16H2,1-2H3,(H,24,26). The zero-order chi connectivity index (χ0) is 20.9. The Bertz CT molecular complexity index is 1080. The molecule has 3 rings (SSSR count). The molecule has 0 aliphatic heterocycles. The normalized spacial score (nSPS) is 11.3. The maximum atomic E-state index is 12.2. The van der Waals surface area contributed by atoms with E-state index in [2.05, 4.69) is 10.6 Å². The minimum absolute atomic E-state index is 0.0648. The third-order valence-corrected chi connectivity index (χ3v) is 6.15. The van der Waals surface area contributed by atoms with Crippen LogP contribution in [0, 0.1) is 0 Å². The van der Waals surface area contributed by atoms with Gasteiger partial charge in [0.15, 0.2) is 0 Å². The first-order valence-electron chi connectivity index (χ1n) is 9.08. The molecule has 0 saturated carbocycles. The molecule has 0 unspecified atom stereocenters. The molecule has 0 bridgehead atoms. The van der Waals surface area contributed by atoms with Gasteiger partial charge in [0.1, 0.15) is 0 Å². The number of sulfonamides is 1. The van der Waals surface area contributed by atoms with Crippen molar-refractivity contribution < 1.29 is 13.2 Å². The molecule has 0 aliphatic rings. The van der Waals surface area contributed by atoms with Crippen LogP contribution in [0.5, 0.6) is 0 Å². The Balaban J connectivity index is 1.59. The van der Waals surface area contributed by atoms with Gasteiger partial charge in [-0.3, -0.25) is 4.79 Å². The van der Waals surface area contributed by atoms with E-state index in [0.717, 1.165) is 21.1 Å².